The van der Waals surface area contributed by atoms with Gasteiger partial charge < -0.3 is 4.74 Å². The third kappa shape index (κ3) is 4.23. The summed E-state index contributed by atoms with van der Waals surface area (Å²) in [5, 5.41) is -0.360. The Morgan fingerprint density at radius 2 is 1.91 bits per heavy atom. The van der Waals surface area contributed by atoms with Crippen molar-refractivity contribution in [1.82, 2.24) is 4.98 Å². The van der Waals surface area contributed by atoms with E-state index in [2.05, 4.69) is 25.7 Å². The van der Waals surface area contributed by atoms with Crippen molar-refractivity contribution >= 4 is 25.8 Å². The van der Waals surface area contributed by atoms with E-state index in [1.165, 1.54) is 30.5 Å². The number of pyridine rings is 1. The molecular weight excluding hydrogens is 399 g/mol. The van der Waals surface area contributed by atoms with Gasteiger partial charge >= 0.3 is 6.36 Å². The molecule has 0 N–H and O–H groups in total. The molecule has 0 radical (unpaired) electrons. The summed E-state index contributed by atoms with van der Waals surface area (Å²) in [7, 11) is -4.25. The Kier molecular flexibility index (Phi) is 5.00. The fourth-order valence-corrected chi connectivity index (χ4v) is 3.40. The number of ether oxygens (including phenoxy) is 1. The molecule has 1 heterocycles. The summed E-state index contributed by atoms with van der Waals surface area (Å²) in [5.74, 6) is -0.778. The van der Waals surface area contributed by atoms with Crippen LogP contribution in [0.25, 0.3) is 0 Å². The number of alkyl halides is 3. The molecule has 124 valence electrons. The van der Waals surface area contributed by atoms with Gasteiger partial charge in [0.05, 0.1) is 0 Å². The standard InChI is InChI=1S/C14H11BrF3NO3S/c1-2-9-3-5-11(22-14(16,17)18)12(7-9)23(20,21)13-6-4-10(15)8-19-13/h3-8H,2H2,1H3. The van der Waals surface area contributed by atoms with Crippen molar-refractivity contribution in [2.45, 2.75) is 29.6 Å². The summed E-state index contributed by atoms with van der Waals surface area (Å²) in [6.45, 7) is 1.76. The lowest BCUT2D eigenvalue weighted by molar-refractivity contribution is -0.275. The van der Waals surface area contributed by atoms with E-state index in [1.807, 2.05) is 0 Å². The third-order valence-corrected chi connectivity index (χ3v) is 5.07. The second-order valence-electron chi connectivity index (χ2n) is 4.50. The van der Waals surface area contributed by atoms with Crippen molar-refractivity contribution in [3.05, 3.63) is 46.6 Å². The number of benzene rings is 1. The molecule has 23 heavy (non-hydrogen) atoms. The molecule has 0 fully saturated rings. The Morgan fingerprint density at radius 1 is 1.22 bits per heavy atom. The molecule has 1 aromatic heterocycles. The largest absolute Gasteiger partial charge is 0.573 e. The molecule has 4 nitrogen and oxygen atoms in total. The third-order valence-electron chi connectivity index (χ3n) is 2.91. The van der Waals surface area contributed by atoms with Crippen LogP contribution in [0, 0.1) is 0 Å². The molecule has 0 unspecified atom stereocenters. The van der Waals surface area contributed by atoms with Gasteiger partial charge in [-0.3, -0.25) is 0 Å². The van der Waals surface area contributed by atoms with E-state index in [9.17, 15) is 21.6 Å². The van der Waals surface area contributed by atoms with Gasteiger partial charge in [0.25, 0.3) is 0 Å². The molecule has 0 aliphatic rings. The predicted octanol–water partition coefficient (Wildman–Crippen LogP) is 4.14. The summed E-state index contributed by atoms with van der Waals surface area (Å²) >= 11 is 3.11. The zero-order chi connectivity index (χ0) is 17.3. The number of aromatic nitrogens is 1. The number of hydrogen-bond acceptors (Lipinski definition) is 4. The Morgan fingerprint density at radius 3 is 2.43 bits per heavy atom. The highest BCUT2D eigenvalue weighted by Gasteiger charge is 2.34. The molecule has 0 spiro atoms. The lowest BCUT2D eigenvalue weighted by atomic mass is 10.2. The van der Waals surface area contributed by atoms with E-state index in [1.54, 1.807) is 6.92 Å². The molecule has 2 rings (SSSR count). The lowest BCUT2D eigenvalue weighted by Crippen LogP contribution is -2.19. The summed E-state index contributed by atoms with van der Waals surface area (Å²) in [6.07, 6.45) is -3.28. The van der Waals surface area contributed by atoms with Gasteiger partial charge in [0.15, 0.2) is 5.03 Å². The first-order chi connectivity index (χ1) is 10.6. The Labute approximate surface area is 139 Å². The molecule has 9 heteroatoms. The lowest BCUT2D eigenvalue weighted by Gasteiger charge is -2.14. The Balaban J connectivity index is 2.61. The van der Waals surface area contributed by atoms with E-state index in [4.69, 9.17) is 0 Å². The van der Waals surface area contributed by atoms with Gasteiger partial charge in [-0.2, -0.15) is 0 Å². The van der Waals surface area contributed by atoms with Gasteiger partial charge in [-0.1, -0.05) is 13.0 Å². The van der Waals surface area contributed by atoms with Crippen molar-refractivity contribution in [2.24, 2.45) is 0 Å². The molecule has 0 atom stereocenters. The van der Waals surface area contributed by atoms with Gasteiger partial charge in [0.1, 0.15) is 10.6 Å². The van der Waals surface area contributed by atoms with Crippen LogP contribution in [0.2, 0.25) is 0 Å². The van der Waals surface area contributed by atoms with Gasteiger partial charge in [-0.15, -0.1) is 13.2 Å². The molecule has 0 saturated heterocycles. The number of hydrogen-bond donors (Lipinski definition) is 0. The van der Waals surface area contributed by atoms with Gasteiger partial charge in [0, 0.05) is 10.7 Å². The number of nitrogens with zero attached hydrogens (tertiary/aromatic N) is 1. The van der Waals surface area contributed by atoms with Crippen LogP contribution in [0.1, 0.15) is 12.5 Å². The van der Waals surface area contributed by atoms with Crippen molar-refractivity contribution in [2.75, 3.05) is 0 Å². The van der Waals surface area contributed by atoms with Gasteiger partial charge in [-0.05, 0) is 52.2 Å². The molecule has 0 aliphatic heterocycles. The van der Waals surface area contributed by atoms with E-state index in [0.29, 0.717) is 16.5 Å². The molecule has 0 aliphatic carbocycles. The minimum Gasteiger partial charge on any atom is -0.404 e. The van der Waals surface area contributed by atoms with E-state index >= 15 is 0 Å². The monoisotopic (exact) mass is 409 g/mol. The first-order valence-corrected chi connectivity index (χ1v) is 8.66. The maximum Gasteiger partial charge on any atom is 0.573 e. The molecule has 2 aromatic rings. The van der Waals surface area contributed by atoms with E-state index in [0.717, 1.165) is 6.07 Å². The Hall–Kier alpha value is -1.61. The fraction of sp³-hybridized carbons (Fsp3) is 0.214. The zero-order valence-electron chi connectivity index (χ0n) is 11.8. The molecule has 1 aromatic carbocycles. The maximum atomic E-state index is 12.6. The number of aryl methyl sites for hydroxylation is 1. The average Bonchev–Trinajstić information content (AvgIpc) is 2.46. The van der Waals surface area contributed by atoms with Crippen molar-refractivity contribution < 1.29 is 26.3 Å². The first-order valence-electron chi connectivity index (χ1n) is 6.39. The summed E-state index contributed by atoms with van der Waals surface area (Å²) in [4.78, 5) is 3.18. The molecule has 0 bridgehead atoms. The maximum absolute atomic E-state index is 12.6. The predicted molar refractivity (Wildman–Crippen MR) is 79.9 cm³/mol. The van der Waals surface area contributed by atoms with Crippen molar-refractivity contribution in [1.29, 1.82) is 0 Å². The summed E-state index contributed by atoms with van der Waals surface area (Å²) < 4.78 is 67.1. The second kappa shape index (κ2) is 6.48. The van der Waals surface area contributed by atoms with Crippen LogP contribution in [0.4, 0.5) is 13.2 Å². The smallest absolute Gasteiger partial charge is 0.404 e. The number of sulfone groups is 1. The fourth-order valence-electron chi connectivity index (χ4n) is 1.83. The molecule has 0 saturated carbocycles. The minimum atomic E-state index is -4.99. The number of halogens is 4. The van der Waals surface area contributed by atoms with Crippen LogP contribution in [0.3, 0.4) is 0 Å². The van der Waals surface area contributed by atoms with Gasteiger partial charge in [-0.25, -0.2) is 13.4 Å². The molecule has 0 amide bonds. The van der Waals surface area contributed by atoms with Crippen LogP contribution in [-0.4, -0.2) is 19.8 Å². The Bertz CT molecular complexity index is 805. The second-order valence-corrected chi connectivity index (χ2v) is 7.28. The zero-order valence-corrected chi connectivity index (χ0v) is 14.2. The summed E-state index contributed by atoms with van der Waals surface area (Å²) in [5.41, 5.74) is 0.565. The van der Waals surface area contributed by atoms with Crippen molar-refractivity contribution in [3.8, 4) is 5.75 Å². The normalized spacial score (nSPS) is 12.2. The first kappa shape index (κ1) is 17.7. The van der Waals surface area contributed by atoms with Crippen LogP contribution in [0.5, 0.6) is 5.75 Å². The minimum absolute atomic E-state index is 0.360. The highest BCUT2D eigenvalue weighted by molar-refractivity contribution is 9.10. The average molecular weight is 410 g/mol. The summed E-state index contributed by atoms with van der Waals surface area (Å²) in [6, 6.07) is 6.19. The number of rotatable bonds is 4. The topological polar surface area (TPSA) is 56.3 Å². The van der Waals surface area contributed by atoms with Gasteiger partial charge in [0.2, 0.25) is 9.84 Å². The highest BCUT2D eigenvalue weighted by Crippen LogP contribution is 2.33. The van der Waals surface area contributed by atoms with Crippen molar-refractivity contribution in [3.63, 3.8) is 0 Å². The quantitative estimate of drug-likeness (QED) is 0.761. The highest BCUT2D eigenvalue weighted by atomic mass is 79.9. The molecular formula is C14H11BrF3NO3S. The van der Waals surface area contributed by atoms with Crippen LogP contribution < -0.4 is 4.74 Å². The van der Waals surface area contributed by atoms with Crippen LogP contribution in [-0.2, 0) is 16.3 Å². The van der Waals surface area contributed by atoms with Crippen LogP contribution >= 0.6 is 15.9 Å². The van der Waals surface area contributed by atoms with E-state index in [-0.39, 0.29) is 5.03 Å². The SMILES string of the molecule is CCc1ccc(OC(F)(F)F)c(S(=O)(=O)c2ccc(Br)cn2)c1. The van der Waals surface area contributed by atoms with E-state index < -0.39 is 26.8 Å². The van der Waals surface area contributed by atoms with Crippen LogP contribution in [0.15, 0.2) is 50.9 Å².